The molecule has 0 aromatic rings. The Kier molecular flexibility index (Phi) is 6.13. The van der Waals surface area contributed by atoms with Gasteiger partial charge in [0.15, 0.2) is 0 Å². The van der Waals surface area contributed by atoms with Gasteiger partial charge in [0.2, 0.25) is 5.91 Å². The second-order valence-electron chi connectivity index (χ2n) is 6.29. The first kappa shape index (κ1) is 18.6. The van der Waals surface area contributed by atoms with E-state index < -0.39 is 16.1 Å². The van der Waals surface area contributed by atoms with Crippen molar-refractivity contribution < 1.29 is 27.7 Å². The molecule has 1 fully saturated rings. The molecule has 1 saturated carbocycles. The molecule has 1 atom stereocenters. The van der Waals surface area contributed by atoms with E-state index in [9.17, 15) is 18.0 Å². The first-order chi connectivity index (χ1) is 10.0. The summed E-state index contributed by atoms with van der Waals surface area (Å²) in [5.74, 6) is -1.91. The molecule has 126 valence electrons. The molecule has 0 saturated heterocycles. The number of rotatable bonds is 9. The Balaban J connectivity index is 2.37. The van der Waals surface area contributed by atoms with E-state index in [4.69, 9.17) is 9.66 Å². The van der Waals surface area contributed by atoms with E-state index in [1.165, 1.54) is 6.08 Å². The third-order valence-corrected chi connectivity index (χ3v) is 4.58. The molecule has 0 bridgehead atoms. The van der Waals surface area contributed by atoms with Crippen LogP contribution < -0.4 is 5.32 Å². The number of carbonyl (C=O) groups excluding carboxylic acids is 1. The number of amides is 1. The highest BCUT2D eigenvalue weighted by Crippen LogP contribution is 2.51. The standard InChI is InChI=1S/C14H23NO6S/c1-14(2)9-10(14)12(16)15-11(13(17)18)7-5-3-4-6-8-22(19,20)21/h7,10H,3-6,8-9H2,1-2H3,(H,15,16)(H,17,18)(H,19,20,21)/b11-7+. The van der Waals surface area contributed by atoms with Crippen LogP contribution in [0.3, 0.4) is 0 Å². The van der Waals surface area contributed by atoms with Crippen molar-refractivity contribution in [2.45, 2.75) is 46.0 Å². The maximum Gasteiger partial charge on any atom is 0.352 e. The van der Waals surface area contributed by atoms with E-state index in [0.29, 0.717) is 25.7 Å². The van der Waals surface area contributed by atoms with Gasteiger partial charge in [-0.05, 0) is 31.1 Å². The van der Waals surface area contributed by atoms with Crippen molar-refractivity contribution in [2.75, 3.05) is 5.75 Å². The molecule has 7 nitrogen and oxygen atoms in total. The third kappa shape index (κ3) is 6.57. The molecule has 0 heterocycles. The summed E-state index contributed by atoms with van der Waals surface area (Å²) in [6, 6.07) is 0. The van der Waals surface area contributed by atoms with Gasteiger partial charge in [-0.2, -0.15) is 8.42 Å². The number of hydrogen-bond acceptors (Lipinski definition) is 4. The summed E-state index contributed by atoms with van der Waals surface area (Å²) < 4.78 is 29.6. The number of allylic oxidation sites excluding steroid dienone is 1. The van der Waals surface area contributed by atoms with E-state index in [2.05, 4.69) is 5.32 Å². The minimum absolute atomic E-state index is 0.0660. The lowest BCUT2D eigenvalue weighted by Gasteiger charge is -2.07. The molecule has 0 aromatic heterocycles. The Morgan fingerprint density at radius 1 is 1.27 bits per heavy atom. The third-order valence-electron chi connectivity index (χ3n) is 3.77. The summed E-state index contributed by atoms with van der Waals surface area (Å²) >= 11 is 0. The van der Waals surface area contributed by atoms with Crippen LogP contribution in [0.25, 0.3) is 0 Å². The van der Waals surface area contributed by atoms with Crippen LogP contribution in [0, 0.1) is 11.3 Å². The van der Waals surface area contributed by atoms with Crippen molar-refractivity contribution in [3.63, 3.8) is 0 Å². The highest BCUT2D eigenvalue weighted by atomic mass is 32.2. The van der Waals surface area contributed by atoms with Gasteiger partial charge in [-0.25, -0.2) is 4.79 Å². The number of carboxylic acid groups (broad SMARTS) is 1. The summed E-state index contributed by atoms with van der Waals surface area (Å²) in [5, 5.41) is 11.5. The molecule has 22 heavy (non-hydrogen) atoms. The van der Waals surface area contributed by atoms with Crippen LogP contribution in [-0.4, -0.2) is 35.7 Å². The molecule has 8 heteroatoms. The van der Waals surface area contributed by atoms with Gasteiger partial charge in [0.05, 0.1) is 5.75 Å². The van der Waals surface area contributed by atoms with Gasteiger partial charge in [-0.15, -0.1) is 0 Å². The number of carboxylic acids is 1. The SMILES string of the molecule is CC1(C)CC1C(=O)N/C(=C/CCCCCS(=O)(=O)O)C(=O)O. The highest BCUT2D eigenvalue weighted by Gasteiger charge is 2.50. The zero-order chi connectivity index (χ0) is 17.0. The molecule has 3 N–H and O–H groups in total. The molecule has 0 aliphatic heterocycles. The highest BCUT2D eigenvalue weighted by molar-refractivity contribution is 7.85. The first-order valence-corrected chi connectivity index (χ1v) is 8.83. The molecule has 0 aromatic carbocycles. The number of carbonyl (C=O) groups is 2. The smallest absolute Gasteiger partial charge is 0.352 e. The topological polar surface area (TPSA) is 121 Å². The van der Waals surface area contributed by atoms with Gasteiger partial charge in [-0.3, -0.25) is 9.35 Å². The van der Waals surface area contributed by atoms with E-state index in [1.54, 1.807) is 0 Å². The monoisotopic (exact) mass is 333 g/mol. The van der Waals surface area contributed by atoms with Gasteiger partial charge in [0.1, 0.15) is 5.70 Å². The predicted octanol–water partition coefficient (Wildman–Crippen LogP) is 1.57. The van der Waals surface area contributed by atoms with E-state index in [-0.39, 0.29) is 28.7 Å². The Morgan fingerprint density at radius 3 is 2.32 bits per heavy atom. The number of unbranched alkanes of at least 4 members (excludes halogenated alkanes) is 3. The molecule has 1 aliphatic rings. The summed E-state index contributed by atoms with van der Waals surface area (Å²) in [6.45, 7) is 3.91. The van der Waals surface area contributed by atoms with Crippen molar-refractivity contribution in [1.29, 1.82) is 0 Å². The summed E-state index contributed by atoms with van der Waals surface area (Å²) in [7, 11) is -3.94. The fraction of sp³-hybridized carbons (Fsp3) is 0.714. The Labute approximate surface area is 130 Å². The molecule has 1 unspecified atom stereocenters. The quantitative estimate of drug-likeness (QED) is 0.334. The van der Waals surface area contributed by atoms with Crippen LogP contribution in [0.1, 0.15) is 46.0 Å². The Hall–Kier alpha value is -1.41. The van der Waals surface area contributed by atoms with Gasteiger partial charge in [-0.1, -0.05) is 26.3 Å². The molecule has 0 radical (unpaired) electrons. The number of aliphatic carboxylic acids is 1. The van der Waals surface area contributed by atoms with Crippen LogP contribution in [0.5, 0.6) is 0 Å². The van der Waals surface area contributed by atoms with Crippen molar-refractivity contribution in [3.05, 3.63) is 11.8 Å². The van der Waals surface area contributed by atoms with Crippen molar-refractivity contribution >= 4 is 22.0 Å². The maximum absolute atomic E-state index is 11.9. The lowest BCUT2D eigenvalue weighted by molar-refractivity contribution is -0.135. The average molecular weight is 333 g/mol. The molecule has 1 aliphatic carbocycles. The second-order valence-corrected chi connectivity index (χ2v) is 7.86. The predicted molar refractivity (Wildman–Crippen MR) is 80.6 cm³/mol. The molecular weight excluding hydrogens is 310 g/mol. The van der Waals surface area contributed by atoms with E-state index >= 15 is 0 Å². The van der Waals surface area contributed by atoms with Gasteiger partial charge >= 0.3 is 5.97 Å². The molecule has 1 rings (SSSR count). The van der Waals surface area contributed by atoms with Crippen LogP contribution in [0.15, 0.2) is 11.8 Å². The first-order valence-electron chi connectivity index (χ1n) is 7.22. The van der Waals surface area contributed by atoms with E-state index in [0.717, 1.165) is 6.42 Å². The largest absolute Gasteiger partial charge is 0.477 e. The zero-order valence-electron chi connectivity index (χ0n) is 12.8. The maximum atomic E-state index is 11.9. The van der Waals surface area contributed by atoms with Gasteiger partial charge in [0, 0.05) is 5.92 Å². The van der Waals surface area contributed by atoms with Crippen LogP contribution >= 0.6 is 0 Å². The normalized spacial score (nSPS) is 20.5. The van der Waals surface area contributed by atoms with Gasteiger partial charge in [0.25, 0.3) is 10.1 Å². The summed E-state index contributed by atoms with van der Waals surface area (Å²) in [6.07, 6.45) is 4.05. The number of nitrogens with one attached hydrogen (secondary N) is 1. The van der Waals surface area contributed by atoms with Crippen molar-refractivity contribution in [1.82, 2.24) is 5.32 Å². The molecular formula is C14H23NO6S. The van der Waals surface area contributed by atoms with Crippen LogP contribution in [0.4, 0.5) is 0 Å². The fourth-order valence-electron chi connectivity index (χ4n) is 2.18. The fourth-order valence-corrected chi connectivity index (χ4v) is 2.75. The van der Waals surface area contributed by atoms with Crippen LogP contribution in [-0.2, 0) is 19.7 Å². The second kappa shape index (κ2) is 7.23. The summed E-state index contributed by atoms with van der Waals surface area (Å²) in [4.78, 5) is 23.0. The Bertz CT molecular complexity index is 564. The lowest BCUT2D eigenvalue weighted by Crippen LogP contribution is -2.29. The lowest BCUT2D eigenvalue weighted by atomic mass is 10.1. The van der Waals surface area contributed by atoms with E-state index in [1.807, 2.05) is 13.8 Å². The Morgan fingerprint density at radius 2 is 1.86 bits per heavy atom. The van der Waals surface area contributed by atoms with Crippen molar-refractivity contribution in [2.24, 2.45) is 11.3 Å². The van der Waals surface area contributed by atoms with Gasteiger partial charge < -0.3 is 10.4 Å². The minimum Gasteiger partial charge on any atom is -0.477 e. The summed E-state index contributed by atoms with van der Waals surface area (Å²) in [5.41, 5.74) is -0.203. The van der Waals surface area contributed by atoms with Crippen molar-refractivity contribution in [3.8, 4) is 0 Å². The molecule has 0 spiro atoms. The zero-order valence-corrected chi connectivity index (χ0v) is 13.6. The average Bonchev–Trinajstić information content (AvgIpc) is 2.99. The number of hydrogen-bond donors (Lipinski definition) is 3. The minimum atomic E-state index is -3.94. The van der Waals surface area contributed by atoms with Crippen LogP contribution in [0.2, 0.25) is 0 Å². The molecule has 1 amide bonds.